The normalized spacial score (nSPS) is 26.7. The lowest BCUT2D eigenvalue weighted by molar-refractivity contribution is -0.163. The number of nitrogens with zero attached hydrogens (tertiary/aromatic N) is 2. The Morgan fingerprint density at radius 3 is 2.49 bits per heavy atom. The van der Waals surface area contributed by atoms with Crippen molar-refractivity contribution in [3.63, 3.8) is 0 Å². The zero-order chi connectivity index (χ0) is 34.5. The molecule has 1 aromatic carbocycles. The lowest BCUT2D eigenvalue weighted by Gasteiger charge is -2.43. The van der Waals surface area contributed by atoms with E-state index >= 15 is 0 Å². The van der Waals surface area contributed by atoms with Gasteiger partial charge in [-0.15, -0.1) is 13.2 Å². The fraction of sp³-hybridized carbons (Fsp3) is 0.611. The second-order valence-electron chi connectivity index (χ2n) is 13.7. The summed E-state index contributed by atoms with van der Waals surface area (Å²) in [6.07, 6.45) is 3.71. The Labute approximate surface area is 278 Å². The van der Waals surface area contributed by atoms with Crippen LogP contribution in [0.25, 0.3) is 0 Å². The molecule has 1 spiro atoms. The molecule has 11 heteroatoms. The summed E-state index contributed by atoms with van der Waals surface area (Å²) in [5, 5.41) is 13.3. The van der Waals surface area contributed by atoms with Crippen molar-refractivity contribution in [3.8, 4) is 0 Å². The second kappa shape index (κ2) is 15.1. The van der Waals surface area contributed by atoms with E-state index in [4.69, 9.17) is 14.2 Å². The van der Waals surface area contributed by atoms with Crippen molar-refractivity contribution in [3.05, 3.63) is 61.2 Å². The van der Waals surface area contributed by atoms with E-state index in [2.05, 4.69) is 18.5 Å². The summed E-state index contributed by atoms with van der Waals surface area (Å²) < 4.78 is 18.3. The summed E-state index contributed by atoms with van der Waals surface area (Å²) in [4.78, 5) is 59.3. The van der Waals surface area contributed by atoms with Gasteiger partial charge in [0.1, 0.15) is 17.7 Å². The number of esters is 1. The van der Waals surface area contributed by atoms with Crippen LogP contribution >= 0.6 is 0 Å². The first-order valence-corrected chi connectivity index (χ1v) is 16.6. The molecule has 3 aliphatic rings. The van der Waals surface area contributed by atoms with E-state index in [1.807, 2.05) is 45.9 Å². The summed E-state index contributed by atoms with van der Waals surface area (Å²) in [7, 11) is 1.50. The molecule has 3 saturated heterocycles. The van der Waals surface area contributed by atoms with Gasteiger partial charge in [0, 0.05) is 25.6 Å². The average molecular weight is 654 g/mol. The van der Waals surface area contributed by atoms with Gasteiger partial charge in [-0.1, -0.05) is 49.4 Å². The summed E-state index contributed by atoms with van der Waals surface area (Å²) in [6.45, 7) is 15.1. The Morgan fingerprint density at radius 1 is 1.21 bits per heavy atom. The lowest BCUT2D eigenvalue weighted by Crippen LogP contribution is -2.61. The van der Waals surface area contributed by atoms with E-state index in [1.165, 1.54) is 12.0 Å². The van der Waals surface area contributed by atoms with Gasteiger partial charge in [-0.05, 0) is 52.0 Å². The molecule has 0 aliphatic carbocycles. The van der Waals surface area contributed by atoms with Crippen LogP contribution in [0.1, 0.15) is 71.5 Å². The van der Waals surface area contributed by atoms with Crippen LogP contribution in [0.3, 0.4) is 0 Å². The number of carbonyl (C=O) groups is 4. The van der Waals surface area contributed by atoms with E-state index in [0.29, 0.717) is 31.2 Å². The zero-order valence-electron chi connectivity index (χ0n) is 28.4. The number of methoxy groups -OCH3 is 1. The highest BCUT2D eigenvalue weighted by Gasteiger charge is 2.76. The number of fused-ring (bicyclic) bond motifs is 1. The van der Waals surface area contributed by atoms with Gasteiger partial charge < -0.3 is 34.4 Å². The highest BCUT2D eigenvalue weighted by Crippen LogP contribution is 2.59. The fourth-order valence-corrected chi connectivity index (χ4v) is 7.54. The fourth-order valence-electron chi connectivity index (χ4n) is 7.54. The van der Waals surface area contributed by atoms with Crippen LogP contribution in [-0.4, -0.2) is 101 Å². The number of aliphatic hydroxyl groups is 1. The van der Waals surface area contributed by atoms with Crippen molar-refractivity contribution in [2.45, 2.75) is 101 Å². The number of aliphatic hydroxyl groups excluding tert-OH is 1. The molecule has 258 valence electrons. The maximum atomic E-state index is 14.5. The summed E-state index contributed by atoms with van der Waals surface area (Å²) in [5.41, 5.74) is -1.21. The van der Waals surface area contributed by atoms with Crippen LogP contribution in [0.4, 0.5) is 0 Å². The number of allylic oxidation sites excluding steroid dienone is 1. The van der Waals surface area contributed by atoms with Crippen molar-refractivity contribution in [1.29, 1.82) is 0 Å². The highest BCUT2D eigenvalue weighted by atomic mass is 16.6. The van der Waals surface area contributed by atoms with E-state index < -0.39 is 65.2 Å². The van der Waals surface area contributed by atoms with Crippen LogP contribution in [0.5, 0.6) is 0 Å². The molecule has 8 atom stereocenters. The van der Waals surface area contributed by atoms with Gasteiger partial charge in [-0.25, -0.2) is 0 Å². The number of benzene rings is 1. The molecule has 47 heavy (non-hydrogen) atoms. The first-order chi connectivity index (χ1) is 22.4. The SMILES string of the molecule is C=CCCC(=O)N[C@H](COC)[C@H](OC(=O)[C@@H]1[C@H]2C(=O)N([C@@H](CC)CO)[C@H](C(=O)N(CC=C)C(C)(C)C)[C@]23CC[C@H]1O3)c1ccccc1. The predicted octanol–water partition coefficient (Wildman–Crippen LogP) is 3.33. The summed E-state index contributed by atoms with van der Waals surface area (Å²) >= 11 is 0. The number of hydrogen-bond acceptors (Lipinski definition) is 8. The van der Waals surface area contributed by atoms with E-state index in [-0.39, 0.29) is 38.0 Å². The third-order valence-corrected chi connectivity index (χ3v) is 9.71. The van der Waals surface area contributed by atoms with Gasteiger partial charge in [0.25, 0.3) is 0 Å². The van der Waals surface area contributed by atoms with Crippen molar-refractivity contribution in [2.24, 2.45) is 11.8 Å². The molecule has 11 nitrogen and oxygen atoms in total. The zero-order valence-corrected chi connectivity index (χ0v) is 28.4. The van der Waals surface area contributed by atoms with Gasteiger partial charge >= 0.3 is 5.97 Å². The molecule has 4 rings (SSSR count). The topological polar surface area (TPSA) is 135 Å². The largest absolute Gasteiger partial charge is 0.455 e. The van der Waals surface area contributed by atoms with Crippen LogP contribution in [0, 0.1) is 11.8 Å². The van der Waals surface area contributed by atoms with Crippen LogP contribution < -0.4 is 5.32 Å². The highest BCUT2D eigenvalue weighted by molar-refractivity contribution is 5.98. The van der Waals surface area contributed by atoms with Crippen molar-refractivity contribution in [1.82, 2.24) is 15.1 Å². The van der Waals surface area contributed by atoms with Crippen LogP contribution in [0.15, 0.2) is 55.6 Å². The van der Waals surface area contributed by atoms with Crippen LogP contribution in [0.2, 0.25) is 0 Å². The van der Waals surface area contributed by atoms with E-state index in [1.54, 1.807) is 29.2 Å². The standard InChI is InChI=1S/C36H51N3O8/c1-8-11-17-27(41)37-25(22-45-7)30(23-15-13-12-14-16-23)46-34(44)28-26-18-19-36(47-26)29(28)32(42)39(24(10-3)21-40)31(36)33(43)38(20-9-2)35(4,5)6/h8-9,12-16,24-26,28-31,40H,1-2,10-11,17-22H2,3-7H3,(H,37,41)/t24-,25+,26+,28-,29-,30+,31+,36-/m0/s1. The van der Waals surface area contributed by atoms with Gasteiger partial charge in [0.05, 0.1) is 43.2 Å². The van der Waals surface area contributed by atoms with Gasteiger partial charge in [0.15, 0.2) is 0 Å². The number of ether oxygens (including phenoxy) is 3. The molecule has 0 unspecified atom stereocenters. The minimum atomic E-state index is -1.26. The number of nitrogens with one attached hydrogen (secondary N) is 1. The Balaban J connectivity index is 1.73. The molecule has 3 aliphatic heterocycles. The van der Waals surface area contributed by atoms with Gasteiger partial charge in [-0.2, -0.15) is 0 Å². The summed E-state index contributed by atoms with van der Waals surface area (Å²) in [5.74, 6) is -3.56. The molecule has 3 fully saturated rings. The maximum absolute atomic E-state index is 14.5. The third-order valence-electron chi connectivity index (χ3n) is 9.71. The molecule has 0 aromatic heterocycles. The number of rotatable bonds is 16. The van der Waals surface area contributed by atoms with E-state index in [0.717, 1.165) is 0 Å². The van der Waals surface area contributed by atoms with Crippen molar-refractivity contribution < 1.29 is 38.5 Å². The Hall–Kier alpha value is -3.54. The Kier molecular flexibility index (Phi) is 11.7. The number of carbonyl (C=O) groups excluding carboxylic acids is 4. The monoisotopic (exact) mass is 653 g/mol. The molecule has 3 amide bonds. The Morgan fingerprint density at radius 2 is 1.91 bits per heavy atom. The van der Waals surface area contributed by atoms with Gasteiger partial charge in [-0.3, -0.25) is 19.2 Å². The number of amides is 3. The smallest absolute Gasteiger partial charge is 0.313 e. The molecule has 0 saturated carbocycles. The molecule has 2 N–H and O–H groups in total. The second-order valence-corrected chi connectivity index (χ2v) is 13.7. The molecule has 0 radical (unpaired) electrons. The van der Waals surface area contributed by atoms with E-state index in [9.17, 15) is 24.3 Å². The third kappa shape index (κ3) is 7.03. The van der Waals surface area contributed by atoms with Crippen LogP contribution in [-0.2, 0) is 33.4 Å². The minimum absolute atomic E-state index is 0.0640. The predicted molar refractivity (Wildman–Crippen MR) is 176 cm³/mol. The molecule has 1 aromatic rings. The molecule has 3 heterocycles. The number of likely N-dealkylation sites (tertiary alicyclic amines) is 1. The molecular formula is C36H51N3O8. The first kappa shape index (κ1) is 36.3. The summed E-state index contributed by atoms with van der Waals surface area (Å²) in [6, 6.07) is 6.68. The number of hydrogen-bond donors (Lipinski definition) is 2. The maximum Gasteiger partial charge on any atom is 0.313 e. The minimum Gasteiger partial charge on any atom is -0.455 e. The van der Waals surface area contributed by atoms with Crippen molar-refractivity contribution in [2.75, 3.05) is 26.9 Å². The lowest BCUT2D eigenvalue weighted by atomic mass is 9.70. The first-order valence-electron chi connectivity index (χ1n) is 16.6. The molecule has 2 bridgehead atoms. The van der Waals surface area contributed by atoms with Crippen molar-refractivity contribution >= 4 is 23.7 Å². The average Bonchev–Trinajstić information content (AvgIpc) is 3.69. The van der Waals surface area contributed by atoms with Gasteiger partial charge in [0.2, 0.25) is 17.7 Å². The molecular weight excluding hydrogens is 602 g/mol. The quantitative estimate of drug-likeness (QED) is 0.205. The Bertz CT molecular complexity index is 1310.